The molecular weight excluding hydrogens is 320 g/mol. The number of amides is 1. The summed E-state index contributed by atoms with van der Waals surface area (Å²) in [7, 11) is 1.63. The zero-order chi connectivity index (χ0) is 15.1. The first kappa shape index (κ1) is 17.0. The van der Waals surface area contributed by atoms with E-state index in [2.05, 4.69) is 26.6 Å². The van der Waals surface area contributed by atoms with E-state index < -0.39 is 0 Å². The van der Waals surface area contributed by atoms with Gasteiger partial charge < -0.3 is 15.4 Å². The predicted octanol–water partition coefficient (Wildman–Crippen LogP) is 2.88. The number of rotatable bonds is 7. The summed E-state index contributed by atoms with van der Waals surface area (Å²) >= 11 is 3.46. The lowest BCUT2D eigenvalue weighted by molar-refractivity contribution is -0.125. The molecule has 5 heteroatoms. The number of halogens is 1. The van der Waals surface area contributed by atoms with Crippen molar-refractivity contribution in [1.82, 2.24) is 10.6 Å². The lowest BCUT2D eigenvalue weighted by Gasteiger charge is -2.19. The lowest BCUT2D eigenvalue weighted by Crippen LogP contribution is -2.36. The first-order valence-electron chi connectivity index (χ1n) is 6.84. The molecule has 1 amide bonds. The number of hydrogen-bond acceptors (Lipinski definition) is 3. The van der Waals surface area contributed by atoms with Crippen LogP contribution >= 0.6 is 15.9 Å². The number of benzene rings is 1. The maximum atomic E-state index is 12.1. The Morgan fingerprint density at radius 3 is 2.65 bits per heavy atom. The van der Waals surface area contributed by atoms with Crippen molar-refractivity contribution in [2.45, 2.75) is 26.8 Å². The van der Waals surface area contributed by atoms with Crippen LogP contribution in [-0.2, 0) is 4.79 Å². The molecule has 2 atom stereocenters. The topological polar surface area (TPSA) is 50.4 Å². The van der Waals surface area contributed by atoms with Crippen LogP contribution in [0.5, 0.6) is 5.75 Å². The van der Waals surface area contributed by atoms with Gasteiger partial charge in [-0.25, -0.2) is 0 Å². The highest BCUT2D eigenvalue weighted by Crippen LogP contribution is 2.28. The van der Waals surface area contributed by atoms with Crippen LogP contribution in [0.1, 0.15) is 32.4 Å². The van der Waals surface area contributed by atoms with Gasteiger partial charge in [0.05, 0.1) is 17.6 Å². The van der Waals surface area contributed by atoms with E-state index in [9.17, 15) is 4.79 Å². The van der Waals surface area contributed by atoms with Gasteiger partial charge in [-0.05, 0) is 47.1 Å². The summed E-state index contributed by atoms with van der Waals surface area (Å²) in [5, 5.41) is 6.21. The molecule has 1 aromatic rings. The minimum atomic E-state index is -0.0425. The molecule has 0 saturated carbocycles. The van der Waals surface area contributed by atoms with E-state index in [-0.39, 0.29) is 17.9 Å². The number of nitrogens with one attached hydrogen (secondary N) is 2. The highest BCUT2D eigenvalue weighted by Gasteiger charge is 2.16. The normalized spacial score (nSPS) is 13.7. The summed E-state index contributed by atoms with van der Waals surface area (Å²) in [4.78, 5) is 12.1. The molecule has 0 radical (unpaired) electrons. The average molecular weight is 343 g/mol. The van der Waals surface area contributed by atoms with E-state index in [1.54, 1.807) is 7.11 Å². The van der Waals surface area contributed by atoms with Crippen molar-refractivity contribution in [2.24, 2.45) is 5.92 Å². The summed E-state index contributed by atoms with van der Waals surface area (Å²) < 4.78 is 6.09. The van der Waals surface area contributed by atoms with Crippen molar-refractivity contribution in [3.63, 3.8) is 0 Å². The number of methoxy groups -OCH3 is 1. The molecule has 0 heterocycles. The molecule has 2 N–H and O–H groups in total. The number of hydrogen-bond donors (Lipinski definition) is 2. The molecule has 0 aliphatic heterocycles. The molecule has 112 valence electrons. The van der Waals surface area contributed by atoms with Gasteiger partial charge in [0, 0.05) is 12.5 Å². The van der Waals surface area contributed by atoms with Crippen molar-refractivity contribution in [3.05, 3.63) is 28.2 Å². The Hall–Kier alpha value is -1.07. The fourth-order valence-electron chi connectivity index (χ4n) is 1.84. The van der Waals surface area contributed by atoms with E-state index in [0.29, 0.717) is 6.54 Å². The summed E-state index contributed by atoms with van der Waals surface area (Å²) in [6.45, 7) is 7.50. The van der Waals surface area contributed by atoms with Gasteiger partial charge >= 0.3 is 0 Å². The van der Waals surface area contributed by atoms with Crippen LogP contribution in [0.3, 0.4) is 0 Å². The highest BCUT2D eigenvalue weighted by atomic mass is 79.9. The Balaban J connectivity index is 2.64. The first-order valence-corrected chi connectivity index (χ1v) is 7.63. The summed E-state index contributed by atoms with van der Waals surface area (Å²) in [5.41, 5.74) is 1.04. The van der Waals surface area contributed by atoms with Crippen molar-refractivity contribution in [1.29, 1.82) is 0 Å². The van der Waals surface area contributed by atoms with E-state index in [1.807, 2.05) is 39.0 Å². The molecule has 0 aromatic heterocycles. The minimum absolute atomic E-state index is 0.0335. The Morgan fingerprint density at radius 2 is 2.10 bits per heavy atom. The van der Waals surface area contributed by atoms with Gasteiger partial charge in [-0.2, -0.15) is 0 Å². The van der Waals surface area contributed by atoms with Crippen molar-refractivity contribution in [3.8, 4) is 5.75 Å². The number of carbonyl (C=O) groups is 1. The van der Waals surface area contributed by atoms with Crippen LogP contribution in [0, 0.1) is 5.92 Å². The molecule has 0 fully saturated rings. The maximum Gasteiger partial charge on any atom is 0.224 e. The monoisotopic (exact) mass is 342 g/mol. The van der Waals surface area contributed by atoms with Gasteiger partial charge in [-0.1, -0.05) is 19.9 Å². The van der Waals surface area contributed by atoms with Crippen LogP contribution in [0.15, 0.2) is 22.7 Å². The van der Waals surface area contributed by atoms with E-state index in [4.69, 9.17) is 4.74 Å². The van der Waals surface area contributed by atoms with Gasteiger partial charge in [-0.3, -0.25) is 4.79 Å². The minimum Gasteiger partial charge on any atom is -0.496 e. The van der Waals surface area contributed by atoms with Gasteiger partial charge in [0.25, 0.3) is 0 Å². The van der Waals surface area contributed by atoms with Crippen molar-refractivity contribution < 1.29 is 9.53 Å². The Morgan fingerprint density at radius 1 is 1.40 bits per heavy atom. The molecule has 0 saturated heterocycles. The van der Waals surface area contributed by atoms with Gasteiger partial charge in [0.2, 0.25) is 5.91 Å². The molecule has 0 aliphatic carbocycles. The van der Waals surface area contributed by atoms with E-state index >= 15 is 0 Å². The SMILES string of the molecule is CCNCC(C)C(=O)NC(C)c1ccc(OC)c(Br)c1. The molecule has 0 spiro atoms. The molecule has 1 rings (SSSR count). The second-order valence-electron chi connectivity index (χ2n) is 4.83. The standard InChI is InChI=1S/C15H23BrN2O2/c1-5-17-9-10(2)15(19)18-11(3)12-6-7-14(20-4)13(16)8-12/h6-8,10-11,17H,5,9H2,1-4H3,(H,18,19). The van der Waals surface area contributed by atoms with Crippen LogP contribution in [0.25, 0.3) is 0 Å². The fraction of sp³-hybridized carbons (Fsp3) is 0.533. The zero-order valence-corrected chi connectivity index (χ0v) is 14.1. The Labute approximate surface area is 129 Å². The lowest BCUT2D eigenvalue weighted by atomic mass is 10.1. The second-order valence-corrected chi connectivity index (χ2v) is 5.69. The molecule has 0 bridgehead atoms. The van der Waals surface area contributed by atoms with Crippen LogP contribution < -0.4 is 15.4 Å². The number of ether oxygens (including phenoxy) is 1. The summed E-state index contributed by atoms with van der Waals surface area (Å²) in [6, 6.07) is 5.79. The molecule has 1 aromatic carbocycles. The summed E-state index contributed by atoms with van der Waals surface area (Å²) in [6.07, 6.45) is 0. The zero-order valence-electron chi connectivity index (χ0n) is 12.5. The summed E-state index contributed by atoms with van der Waals surface area (Å²) in [5.74, 6) is 0.803. The van der Waals surface area contributed by atoms with Gasteiger partial charge in [0.1, 0.15) is 5.75 Å². The second kappa shape index (κ2) is 8.27. The fourth-order valence-corrected chi connectivity index (χ4v) is 2.40. The predicted molar refractivity (Wildman–Crippen MR) is 85.0 cm³/mol. The van der Waals surface area contributed by atoms with Gasteiger partial charge in [0.15, 0.2) is 0 Å². The number of carbonyl (C=O) groups excluding carboxylic acids is 1. The largest absolute Gasteiger partial charge is 0.496 e. The Kier molecular flexibility index (Phi) is 7.02. The third-order valence-electron chi connectivity index (χ3n) is 3.18. The molecule has 20 heavy (non-hydrogen) atoms. The van der Waals surface area contributed by atoms with E-state index in [1.165, 1.54) is 0 Å². The third kappa shape index (κ3) is 4.80. The van der Waals surface area contributed by atoms with E-state index in [0.717, 1.165) is 22.3 Å². The van der Waals surface area contributed by atoms with Gasteiger partial charge in [-0.15, -0.1) is 0 Å². The average Bonchev–Trinajstić information content (AvgIpc) is 2.44. The molecular formula is C15H23BrN2O2. The quantitative estimate of drug-likeness (QED) is 0.800. The van der Waals surface area contributed by atoms with Crippen LogP contribution in [-0.4, -0.2) is 26.1 Å². The van der Waals surface area contributed by atoms with Crippen molar-refractivity contribution in [2.75, 3.05) is 20.2 Å². The van der Waals surface area contributed by atoms with Crippen LogP contribution in [0.2, 0.25) is 0 Å². The van der Waals surface area contributed by atoms with Crippen molar-refractivity contribution >= 4 is 21.8 Å². The smallest absolute Gasteiger partial charge is 0.224 e. The first-order chi connectivity index (χ1) is 9.49. The molecule has 0 aliphatic rings. The maximum absolute atomic E-state index is 12.1. The Bertz CT molecular complexity index is 451. The molecule has 2 unspecified atom stereocenters. The van der Waals surface area contributed by atoms with Crippen LogP contribution in [0.4, 0.5) is 0 Å². The highest BCUT2D eigenvalue weighted by molar-refractivity contribution is 9.10. The molecule has 4 nitrogen and oxygen atoms in total. The third-order valence-corrected chi connectivity index (χ3v) is 3.80.